The predicted molar refractivity (Wildman–Crippen MR) is 25.0 cm³/mol. The highest BCUT2D eigenvalue weighted by Crippen LogP contribution is 1.80. The van der Waals surface area contributed by atoms with Crippen LogP contribution in [0, 0.1) is 0 Å². The lowest BCUT2D eigenvalue weighted by atomic mass is 10.4. The van der Waals surface area contributed by atoms with Crippen LogP contribution < -0.4 is 0 Å². The third-order valence-electron chi connectivity index (χ3n) is 0.725. The monoisotopic (exact) mass is 114 g/mol. The topological polar surface area (TPSA) is 74.7 Å². The number of hydrogen-bond donors (Lipinski definition) is 2. The standard InChI is InChI=1S/C3H6N4O/c8-2-1-3-4-6-7-5-3/h8H,1-2H2,(H,4,5,6,7). The predicted octanol–water partition coefficient (Wildman–Crippen LogP) is -1.27. The summed E-state index contributed by atoms with van der Waals surface area (Å²) in [4.78, 5) is 0. The summed E-state index contributed by atoms with van der Waals surface area (Å²) < 4.78 is 0. The minimum absolute atomic E-state index is 0.0690. The molecule has 0 spiro atoms. The second-order valence-electron chi connectivity index (χ2n) is 1.30. The summed E-state index contributed by atoms with van der Waals surface area (Å²) in [6.07, 6.45) is 0.469. The average Bonchev–Trinajstić information content (AvgIpc) is 2.19. The molecule has 1 aromatic heterocycles. The molecule has 0 bridgehead atoms. The van der Waals surface area contributed by atoms with Crippen LogP contribution in [0.4, 0.5) is 0 Å². The van der Waals surface area contributed by atoms with E-state index in [0.29, 0.717) is 12.2 Å². The molecule has 0 radical (unpaired) electrons. The first-order valence-corrected chi connectivity index (χ1v) is 2.26. The molecular weight excluding hydrogens is 108 g/mol. The van der Waals surface area contributed by atoms with Crippen LogP contribution in [0.5, 0.6) is 0 Å². The molecule has 5 heteroatoms. The van der Waals surface area contributed by atoms with Crippen molar-refractivity contribution in [2.75, 3.05) is 6.61 Å². The van der Waals surface area contributed by atoms with Crippen LogP contribution in [0.2, 0.25) is 0 Å². The molecule has 0 saturated carbocycles. The minimum atomic E-state index is 0.0690. The molecule has 0 amide bonds. The van der Waals surface area contributed by atoms with Gasteiger partial charge in [0, 0.05) is 6.42 Å². The SMILES string of the molecule is OCCc1nn[nH]n1. The van der Waals surface area contributed by atoms with Gasteiger partial charge in [-0.2, -0.15) is 5.21 Å². The van der Waals surface area contributed by atoms with Gasteiger partial charge in [-0.25, -0.2) is 0 Å². The van der Waals surface area contributed by atoms with Crippen molar-refractivity contribution in [3.8, 4) is 0 Å². The Labute approximate surface area is 45.7 Å². The Morgan fingerprint density at radius 2 is 2.50 bits per heavy atom. The first-order valence-electron chi connectivity index (χ1n) is 2.26. The largest absolute Gasteiger partial charge is 0.396 e. The molecule has 0 aliphatic rings. The van der Waals surface area contributed by atoms with Gasteiger partial charge in [-0.1, -0.05) is 5.21 Å². The zero-order chi connectivity index (χ0) is 5.82. The molecule has 5 nitrogen and oxygen atoms in total. The van der Waals surface area contributed by atoms with Gasteiger partial charge < -0.3 is 5.11 Å². The number of aliphatic hydroxyl groups is 1. The normalized spacial score (nSPS) is 9.62. The first-order chi connectivity index (χ1) is 3.93. The van der Waals surface area contributed by atoms with Crippen LogP contribution >= 0.6 is 0 Å². The molecule has 1 aromatic rings. The summed E-state index contributed by atoms with van der Waals surface area (Å²) in [6, 6.07) is 0. The number of nitrogens with zero attached hydrogens (tertiary/aromatic N) is 3. The third kappa shape index (κ3) is 1.00. The highest BCUT2D eigenvalue weighted by Gasteiger charge is 1.92. The number of aromatic amines is 1. The van der Waals surface area contributed by atoms with Gasteiger partial charge in [0.2, 0.25) is 0 Å². The Kier molecular flexibility index (Phi) is 1.53. The molecule has 0 saturated heterocycles. The van der Waals surface area contributed by atoms with E-state index in [1.54, 1.807) is 0 Å². The van der Waals surface area contributed by atoms with E-state index >= 15 is 0 Å². The van der Waals surface area contributed by atoms with E-state index in [9.17, 15) is 0 Å². The highest BCUT2D eigenvalue weighted by molar-refractivity contribution is 4.73. The Morgan fingerprint density at radius 3 is 3.00 bits per heavy atom. The fourth-order valence-electron chi connectivity index (χ4n) is 0.388. The molecule has 0 fully saturated rings. The number of H-pyrrole nitrogens is 1. The summed E-state index contributed by atoms with van der Waals surface area (Å²) in [5, 5.41) is 21.1. The van der Waals surface area contributed by atoms with Gasteiger partial charge in [0.1, 0.15) is 0 Å². The number of rotatable bonds is 2. The van der Waals surface area contributed by atoms with E-state index in [4.69, 9.17) is 5.11 Å². The zero-order valence-electron chi connectivity index (χ0n) is 4.20. The summed E-state index contributed by atoms with van der Waals surface area (Å²) in [5.41, 5.74) is 0. The number of nitrogens with one attached hydrogen (secondary N) is 1. The Bertz CT molecular complexity index is 137. The van der Waals surface area contributed by atoms with E-state index in [-0.39, 0.29) is 6.61 Å². The van der Waals surface area contributed by atoms with Gasteiger partial charge in [0.05, 0.1) is 6.61 Å². The smallest absolute Gasteiger partial charge is 0.176 e. The Morgan fingerprint density at radius 1 is 1.62 bits per heavy atom. The van der Waals surface area contributed by atoms with Gasteiger partial charge in [-0.05, 0) is 0 Å². The number of tetrazole rings is 1. The Hall–Kier alpha value is -0.970. The van der Waals surface area contributed by atoms with Crippen molar-refractivity contribution >= 4 is 0 Å². The summed E-state index contributed by atoms with van der Waals surface area (Å²) in [7, 11) is 0. The average molecular weight is 114 g/mol. The second kappa shape index (κ2) is 2.37. The maximum Gasteiger partial charge on any atom is 0.176 e. The molecule has 8 heavy (non-hydrogen) atoms. The molecule has 2 N–H and O–H groups in total. The maximum absolute atomic E-state index is 8.32. The van der Waals surface area contributed by atoms with Gasteiger partial charge in [0.15, 0.2) is 5.82 Å². The maximum atomic E-state index is 8.32. The van der Waals surface area contributed by atoms with Gasteiger partial charge >= 0.3 is 0 Å². The molecule has 0 aromatic carbocycles. The van der Waals surface area contributed by atoms with E-state index in [0.717, 1.165) is 0 Å². The fourth-order valence-corrected chi connectivity index (χ4v) is 0.388. The molecule has 0 aliphatic carbocycles. The van der Waals surface area contributed by atoms with Crippen LogP contribution in [0.25, 0.3) is 0 Å². The highest BCUT2D eigenvalue weighted by atomic mass is 16.3. The van der Waals surface area contributed by atoms with Crippen LogP contribution in [0.3, 0.4) is 0 Å². The van der Waals surface area contributed by atoms with Gasteiger partial charge in [-0.3, -0.25) is 0 Å². The van der Waals surface area contributed by atoms with E-state index in [1.807, 2.05) is 0 Å². The van der Waals surface area contributed by atoms with E-state index in [1.165, 1.54) is 0 Å². The summed E-state index contributed by atoms with van der Waals surface area (Å²) >= 11 is 0. The van der Waals surface area contributed by atoms with E-state index in [2.05, 4.69) is 20.6 Å². The van der Waals surface area contributed by atoms with Crippen LogP contribution in [0.15, 0.2) is 0 Å². The Balaban J connectivity index is 2.50. The first kappa shape index (κ1) is 5.17. The van der Waals surface area contributed by atoms with E-state index < -0.39 is 0 Å². The number of hydrogen-bond acceptors (Lipinski definition) is 4. The molecule has 44 valence electrons. The van der Waals surface area contributed by atoms with Gasteiger partial charge in [-0.15, -0.1) is 10.2 Å². The third-order valence-corrected chi connectivity index (χ3v) is 0.725. The van der Waals surface area contributed by atoms with Crippen molar-refractivity contribution < 1.29 is 5.11 Å². The summed E-state index contributed by atoms with van der Waals surface area (Å²) in [6.45, 7) is 0.0690. The lowest BCUT2D eigenvalue weighted by molar-refractivity contribution is 0.296. The van der Waals surface area contributed by atoms with Crippen LogP contribution in [-0.4, -0.2) is 32.3 Å². The molecule has 0 atom stereocenters. The second-order valence-corrected chi connectivity index (χ2v) is 1.30. The quantitative estimate of drug-likeness (QED) is 0.503. The lowest BCUT2D eigenvalue weighted by Crippen LogP contribution is -1.92. The zero-order valence-corrected chi connectivity index (χ0v) is 4.20. The fraction of sp³-hybridized carbons (Fsp3) is 0.667. The van der Waals surface area contributed by atoms with Crippen molar-refractivity contribution in [3.63, 3.8) is 0 Å². The van der Waals surface area contributed by atoms with Crippen molar-refractivity contribution in [2.45, 2.75) is 6.42 Å². The number of aliphatic hydroxyl groups excluding tert-OH is 1. The van der Waals surface area contributed by atoms with Crippen molar-refractivity contribution in [1.82, 2.24) is 20.6 Å². The molecule has 0 aliphatic heterocycles. The van der Waals surface area contributed by atoms with Crippen LogP contribution in [-0.2, 0) is 6.42 Å². The van der Waals surface area contributed by atoms with Crippen molar-refractivity contribution in [1.29, 1.82) is 0 Å². The molecular formula is C3H6N4O. The lowest BCUT2D eigenvalue weighted by Gasteiger charge is -1.80. The molecule has 0 unspecified atom stereocenters. The molecule has 1 rings (SSSR count). The summed E-state index contributed by atoms with van der Waals surface area (Å²) in [5.74, 6) is 0.549. The minimum Gasteiger partial charge on any atom is -0.396 e. The van der Waals surface area contributed by atoms with Crippen LogP contribution in [0.1, 0.15) is 5.82 Å². The number of aromatic nitrogens is 4. The van der Waals surface area contributed by atoms with Crippen molar-refractivity contribution in [3.05, 3.63) is 5.82 Å². The molecule has 1 heterocycles. The van der Waals surface area contributed by atoms with Gasteiger partial charge in [0.25, 0.3) is 0 Å². The van der Waals surface area contributed by atoms with Crippen molar-refractivity contribution in [2.24, 2.45) is 0 Å².